The van der Waals surface area contributed by atoms with Crippen molar-refractivity contribution in [1.29, 1.82) is 0 Å². The van der Waals surface area contributed by atoms with Crippen LogP contribution in [0.1, 0.15) is 24.0 Å². The van der Waals surface area contributed by atoms with E-state index >= 15 is 0 Å². The van der Waals surface area contributed by atoms with Gasteiger partial charge in [0.25, 0.3) is 0 Å². The number of benzene rings is 2. The number of nitrogens with zero attached hydrogens (tertiary/aromatic N) is 1. The molecule has 2 aromatic rings. The largest absolute Gasteiger partial charge is 0.496 e. The Morgan fingerprint density at radius 3 is 2.81 bits per heavy atom. The minimum atomic E-state index is -0.0334. The fourth-order valence-electron chi connectivity index (χ4n) is 2.35. The van der Waals surface area contributed by atoms with Crippen LogP contribution in [-0.2, 0) is 11.4 Å². The zero-order valence-electron chi connectivity index (χ0n) is 14.2. The molecule has 0 atom stereocenters. The molecule has 1 aliphatic carbocycles. The summed E-state index contributed by atoms with van der Waals surface area (Å²) in [4.78, 5) is 11.6. The van der Waals surface area contributed by atoms with E-state index in [4.69, 9.17) is 32.7 Å². The van der Waals surface area contributed by atoms with Crippen molar-refractivity contribution in [1.82, 2.24) is 5.43 Å². The van der Waals surface area contributed by atoms with E-state index < -0.39 is 0 Å². The minimum Gasteiger partial charge on any atom is -0.496 e. The van der Waals surface area contributed by atoms with Crippen LogP contribution in [0.3, 0.4) is 0 Å². The predicted molar refractivity (Wildman–Crippen MR) is 102 cm³/mol. The Kier molecular flexibility index (Phi) is 6.01. The van der Waals surface area contributed by atoms with Gasteiger partial charge in [0.1, 0.15) is 23.1 Å². The number of nitrogens with one attached hydrogen (secondary N) is 1. The molecule has 0 heterocycles. The molecule has 1 saturated carbocycles. The van der Waals surface area contributed by atoms with Crippen molar-refractivity contribution in [3.8, 4) is 11.5 Å². The molecule has 0 aliphatic heterocycles. The van der Waals surface area contributed by atoms with Crippen molar-refractivity contribution in [3.63, 3.8) is 0 Å². The quantitative estimate of drug-likeness (QED) is 0.559. The lowest BCUT2D eigenvalue weighted by molar-refractivity contribution is -0.122. The zero-order chi connectivity index (χ0) is 18.5. The molecular weight excluding hydrogens is 375 g/mol. The van der Waals surface area contributed by atoms with E-state index in [1.54, 1.807) is 31.5 Å². The van der Waals surface area contributed by atoms with Crippen LogP contribution in [0.5, 0.6) is 11.5 Å². The monoisotopic (exact) mass is 392 g/mol. The molecule has 1 fully saturated rings. The van der Waals surface area contributed by atoms with Gasteiger partial charge in [0, 0.05) is 11.5 Å². The van der Waals surface area contributed by atoms with E-state index in [9.17, 15) is 4.79 Å². The number of hydrogen-bond donors (Lipinski definition) is 1. The van der Waals surface area contributed by atoms with Crippen molar-refractivity contribution in [2.75, 3.05) is 7.11 Å². The molecule has 7 heteroatoms. The van der Waals surface area contributed by atoms with Crippen LogP contribution in [0.15, 0.2) is 41.5 Å². The first-order valence-electron chi connectivity index (χ1n) is 8.15. The van der Waals surface area contributed by atoms with Gasteiger partial charge in [-0.3, -0.25) is 4.79 Å². The summed E-state index contributed by atoms with van der Waals surface area (Å²) >= 11 is 12.1. The topological polar surface area (TPSA) is 59.9 Å². The molecule has 1 N–H and O–H groups in total. The highest BCUT2D eigenvalue weighted by Crippen LogP contribution is 2.32. The molecule has 0 spiro atoms. The van der Waals surface area contributed by atoms with E-state index in [0.717, 1.165) is 24.0 Å². The normalized spacial score (nSPS) is 13.7. The summed E-state index contributed by atoms with van der Waals surface area (Å²) in [6, 6.07) is 10.8. The second-order valence-electron chi connectivity index (χ2n) is 5.92. The first-order valence-corrected chi connectivity index (χ1v) is 8.90. The van der Waals surface area contributed by atoms with Gasteiger partial charge >= 0.3 is 0 Å². The second-order valence-corrected chi connectivity index (χ2v) is 6.71. The maximum Gasteiger partial charge on any atom is 0.243 e. The maximum absolute atomic E-state index is 11.6. The molecule has 0 radical (unpaired) electrons. The van der Waals surface area contributed by atoms with Crippen LogP contribution in [0.4, 0.5) is 0 Å². The molecule has 0 unspecified atom stereocenters. The van der Waals surface area contributed by atoms with Crippen LogP contribution in [0.2, 0.25) is 10.0 Å². The summed E-state index contributed by atoms with van der Waals surface area (Å²) in [6.45, 7) is 0.249. The van der Waals surface area contributed by atoms with Gasteiger partial charge in [-0.25, -0.2) is 5.43 Å². The SMILES string of the molecule is COc1ccc(C=NNC(=O)C2CC2)cc1COc1cccc(Cl)c1Cl. The van der Waals surface area contributed by atoms with Gasteiger partial charge in [0.15, 0.2) is 0 Å². The summed E-state index contributed by atoms with van der Waals surface area (Å²) in [5, 5.41) is 4.80. The minimum absolute atomic E-state index is 0.0334. The molecule has 0 saturated heterocycles. The fourth-order valence-corrected chi connectivity index (χ4v) is 2.70. The summed E-state index contributed by atoms with van der Waals surface area (Å²) in [7, 11) is 1.59. The van der Waals surface area contributed by atoms with Crippen molar-refractivity contribution in [2.24, 2.45) is 11.0 Å². The lowest BCUT2D eigenvalue weighted by Gasteiger charge is -2.12. The lowest BCUT2D eigenvalue weighted by atomic mass is 10.1. The smallest absolute Gasteiger partial charge is 0.243 e. The van der Waals surface area contributed by atoms with Gasteiger partial charge in [-0.1, -0.05) is 29.3 Å². The molecule has 1 aliphatic rings. The summed E-state index contributed by atoms with van der Waals surface area (Å²) < 4.78 is 11.1. The molecule has 0 bridgehead atoms. The number of ether oxygens (including phenoxy) is 2. The van der Waals surface area contributed by atoms with Gasteiger partial charge in [-0.15, -0.1) is 0 Å². The number of hydrazone groups is 1. The zero-order valence-corrected chi connectivity index (χ0v) is 15.7. The van der Waals surface area contributed by atoms with Crippen LogP contribution in [-0.4, -0.2) is 19.2 Å². The molecule has 26 heavy (non-hydrogen) atoms. The number of halogens is 2. The highest BCUT2D eigenvalue weighted by atomic mass is 35.5. The summed E-state index contributed by atoms with van der Waals surface area (Å²) in [6.07, 6.45) is 3.48. The standard InChI is InChI=1S/C19H18Cl2N2O3/c1-25-16-8-5-12(10-22-23-19(24)13-6-7-13)9-14(16)11-26-17-4-2-3-15(20)18(17)21/h2-5,8-10,13H,6-7,11H2,1H3,(H,23,24). The second kappa shape index (κ2) is 8.43. The van der Waals surface area contributed by atoms with Crippen LogP contribution in [0, 0.1) is 5.92 Å². The molecule has 1 amide bonds. The average molecular weight is 393 g/mol. The third kappa shape index (κ3) is 4.68. The van der Waals surface area contributed by atoms with Crippen molar-refractivity contribution < 1.29 is 14.3 Å². The number of hydrogen-bond acceptors (Lipinski definition) is 4. The Balaban J connectivity index is 1.69. The third-order valence-electron chi connectivity index (χ3n) is 3.94. The molecule has 3 rings (SSSR count). The third-order valence-corrected chi connectivity index (χ3v) is 4.74. The molecular formula is C19H18Cl2N2O3. The number of rotatable bonds is 7. The Hall–Kier alpha value is -2.24. The maximum atomic E-state index is 11.6. The Morgan fingerprint density at radius 2 is 2.08 bits per heavy atom. The van der Waals surface area contributed by atoms with Gasteiger partial charge in [0.2, 0.25) is 5.91 Å². The molecule has 136 valence electrons. The van der Waals surface area contributed by atoms with Crippen LogP contribution in [0.25, 0.3) is 0 Å². The summed E-state index contributed by atoms with van der Waals surface area (Å²) in [5.41, 5.74) is 4.19. The van der Waals surface area contributed by atoms with Crippen molar-refractivity contribution in [3.05, 3.63) is 57.6 Å². The molecule has 2 aromatic carbocycles. The highest BCUT2D eigenvalue weighted by Gasteiger charge is 2.29. The molecule has 0 aromatic heterocycles. The first-order chi connectivity index (χ1) is 12.6. The Labute approximate surface area is 161 Å². The summed E-state index contributed by atoms with van der Waals surface area (Å²) in [5.74, 6) is 1.27. The van der Waals surface area contributed by atoms with Crippen LogP contribution >= 0.6 is 23.2 Å². The van der Waals surface area contributed by atoms with E-state index in [1.165, 1.54) is 0 Å². The van der Waals surface area contributed by atoms with Gasteiger partial charge in [-0.05, 0) is 48.7 Å². The molecule has 5 nitrogen and oxygen atoms in total. The van der Waals surface area contributed by atoms with E-state index in [-0.39, 0.29) is 18.4 Å². The Morgan fingerprint density at radius 1 is 1.27 bits per heavy atom. The van der Waals surface area contributed by atoms with E-state index in [2.05, 4.69) is 10.5 Å². The average Bonchev–Trinajstić information content (AvgIpc) is 3.48. The van der Waals surface area contributed by atoms with E-state index in [0.29, 0.717) is 21.5 Å². The Bertz CT molecular complexity index is 836. The lowest BCUT2D eigenvalue weighted by Crippen LogP contribution is -2.18. The van der Waals surface area contributed by atoms with Crippen molar-refractivity contribution in [2.45, 2.75) is 19.4 Å². The number of carbonyl (C=O) groups is 1. The van der Waals surface area contributed by atoms with E-state index in [1.807, 2.05) is 18.2 Å². The highest BCUT2D eigenvalue weighted by molar-refractivity contribution is 6.42. The van der Waals surface area contributed by atoms with Gasteiger partial charge in [0.05, 0.1) is 18.3 Å². The van der Waals surface area contributed by atoms with Crippen LogP contribution < -0.4 is 14.9 Å². The fraction of sp³-hybridized carbons (Fsp3) is 0.263. The predicted octanol–water partition coefficient (Wildman–Crippen LogP) is 4.44. The number of methoxy groups -OCH3 is 1. The van der Waals surface area contributed by atoms with Crippen molar-refractivity contribution >= 4 is 35.3 Å². The van der Waals surface area contributed by atoms with Gasteiger partial charge in [-0.2, -0.15) is 5.10 Å². The first kappa shape index (κ1) is 18.5. The van der Waals surface area contributed by atoms with Gasteiger partial charge < -0.3 is 9.47 Å². The number of carbonyl (C=O) groups excluding carboxylic acids is 1. The number of amides is 1.